The van der Waals surface area contributed by atoms with Crippen LogP contribution in [0.25, 0.3) is 0 Å². The summed E-state index contributed by atoms with van der Waals surface area (Å²) in [4.78, 5) is 11.5. The van der Waals surface area contributed by atoms with Crippen LogP contribution in [0.3, 0.4) is 0 Å². The second-order valence-electron chi connectivity index (χ2n) is 4.99. The number of aromatic nitrogens is 2. The maximum Gasteiger partial charge on any atom is 0.342 e. The van der Waals surface area contributed by atoms with Crippen molar-refractivity contribution in [2.75, 3.05) is 11.8 Å². The highest BCUT2D eigenvalue weighted by Crippen LogP contribution is 2.21. The van der Waals surface area contributed by atoms with Gasteiger partial charge in [-0.2, -0.15) is 13.5 Å². The van der Waals surface area contributed by atoms with E-state index in [9.17, 15) is 13.2 Å². The molecule has 0 spiro atoms. The first-order chi connectivity index (χ1) is 10.3. The second-order valence-corrected chi connectivity index (χ2v) is 6.61. The van der Waals surface area contributed by atoms with Crippen LogP contribution in [-0.2, 0) is 14.8 Å². The number of methoxy groups -OCH3 is 1. The number of nitrogens with one attached hydrogen (secondary N) is 2. The first-order valence-electron chi connectivity index (χ1n) is 6.59. The fourth-order valence-corrected chi connectivity index (χ4v) is 3.02. The lowest BCUT2D eigenvalue weighted by Gasteiger charge is -2.09. The van der Waals surface area contributed by atoms with Gasteiger partial charge in [0.1, 0.15) is 5.56 Å². The minimum absolute atomic E-state index is 0.145. The van der Waals surface area contributed by atoms with Crippen molar-refractivity contribution < 1.29 is 17.9 Å². The summed E-state index contributed by atoms with van der Waals surface area (Å²) in [5.74, 6) is -0.423. The maximum absolute atomic E-state index is 12.3. The van der Waals surface area contributed by atoms with Gasteiger partial charge >= 0.3 is 5.97 Å². The molecule has 118 valence electrons. The first-order valence-corrected chi connectivity index (χ1v) is 8.08. The van der Waals surface area contributed by atoms with E-state index in [4.69, 9.17) is 0 Å². The van der Waals surface area contributed by atoms with Crippen molar-refractivity contribution in [1.29, 1.82) is 0 Å². The van der Waals surface area contributed by atoms with Gasteiger partial charge in [0.15, 0.2) is 5.03 Å². The highest BCUT2D eigenvalue weighted by molar-refractivity contribution is 7.92. The molecular formula is C14H17N3O4S. The Morgan fingerprint density at radius 3 is 2.45 bits per heavy atom. The first kappa shape index (κ1) is 16.0. The number of esters is 1. The minimum Gasteiger partial charge on any atom is -0.465 e. The topological polar surface area (TPSA) is 101 Å². The molecule has 2 aromatic rings. The number of hydrogen-bond acceptors (Lipinski definition) is 5. The number of rotatable bonds is 5. The zero-order chi connectivity index (χ0) is 16.3. The number of anilines is 1. The summed E-state index contributed by atoms with van der Waals surface area (Å²) in [5.41, 5.74) is 1.35. The van der Waals surface area contributed by atoms with Crippen LogP contribution in [0.15, 0.2) is 35.5 Å². The molecule has 22 heavy (non-hydrogen) atoms. The average molecular weight is 323 g/mol. The molecule has 0 unspecified atom stereocenters. The van der Waals surface area contributed by atoms with Crippen LogP contribution in [0.1, 0.15) is 35.7 Å². The Kier molecular flexibility index (Phi) is 4.51. The summed E-state index contributed by atoms with van der Waals surface area (Å²) in [5, 5.41) is 5.57. The zero-order valence-electron chi connectivity index (χ0n) is 12.5. The van der Waals surface area contributed by atoms with E-state index in [1.54, 1.807) is 12.1 Å². The van der Waals surface area contributed by atoms with Crippen LogP contribution in [0.4, 0.5) is 5.69 Å². The summed E-state index contributed by atoms with van der Waals surface area (Å²) in [7, 11) is -2.79. The van der Waals surface area contributed by atoms with Crippen molar-refractivity contribution in [2.24, 2.45) is 0 Å². The zero-order valence-corrected chi connectivity index (χ0v) is 13.3. The third-order valence-corrected chi connectivity index (χ3v) is 4.46. The van der Waals surface area contributed by atoms with Crippen molar-refractivity contribution in [2.45, 2.75) is 24.8 Å². The highest BCUT2D eigenvalue weighted by Gasteiger charge is 2.25. The highest BCUT2D eigenvalue weighted by atomic mass is 32.2. The van der Waals surface area contributed by atoms with Crippen LogP contribution < -0.4 is 4.72 Å². The predicted octanol–water partition coefficient (Wildman–Crippen LogP) is 2.12. The minimum atomic E-state index is -3.96. The molecule has 0 bridgehead atoms. The van der Waals surface area contributed by atoms with Crippen molar-refractivity contribution in [1.82, 2.24) is 10.2 Å². The van der Waals surface area contributed by atoms with E-state index in [-0.39, 0.29) is 10.6 Å². The molecule has 1 aromatic carbocycles. The molecule has 0 atom stereocenters. The lowest BCUT2D eigenvalue weighted by atomic mass is 10.0. The van der Waals surface area contributed by atoms with Gasteiger partial charge in [-0.15, -0.1) is 0 Å². The quantitative estimate of drug-likeness (QED) is 0.821. The smallest absolute Gasteiger partial charge is 0.342 e. The average Bonchev–Trinajstić information content (AvgIpc) is 2.97. The number of benzene rings is 1. The Balaban J connectivity index is 2.28. The van der Waals surface area contributed by atoms with Gasteiger partial charge in [-0.3, -0.25) is 9.82 Å². The van der Waals surface area contributed by atoms with Crippen LogP contribution in [0.5, 0.6) is 0 Å². The number of aromatic amines is 1. The third-order valence-electron chi connectivity index (χ3n) is 3.11. The standard InChI is InChI=1S/C14H17N3O4S/c1-9(2)10-4-6-11(7-5-10)17-22(19,20)13-12(8-15-16-13)14(18)21-3/h4-9,17H,1-3H3,(H,15,16). The van der Waals surface area contributed by atoms with E-state index in [2.05, 4.69) is 19.7 Å². The van der Waals surface area contributed by atoms with Gasteiger partial charge in [0, 0.05) is 5.69 Å². The van der Waals surface area contributed by atoms with Crippen LogP contribution >= 0.6 is 0 Å². The summed E-state index contributed by atoms with van der Waals surface area (Å²) in [6.07, 6.45) is 1.11. The summed E-state index contributed by atoms with van der Waals surface area (Å²) in [6, 6.07) is 7.02. The van der Waals surface area contributed by atoms with Gasteiger partial charge in [-0.25, -0.2) is 4.79 Å². The molecule has 1 heterocycles. The van der Waals surface area contributed by atoms with Crippen molar-refractivity contribution in [3.8, 4) is 0 Å². The van der Waals surface area contributed by atoms with E-state index in [0.717, 1.165) is 11.8 Å². The molecule has 2 N–H and O–H groups in total. The number of carbonyl (C=O) groups excluding carboxylic acids is 1. The molecule has 0 saturated heterocycles. The van der Waals surface area contributed by atoms with E-state index in [0.29, 0.717) is 11.6 Å². The van der Waals surface area contributed by atoms with E-state index in [1.165, 1.54) is 7.11 Å². The number of hydrogen-bond donors (Lipinski definition) is 2. The number of nitrogens with zero attached hydrogens (tertiary/aromatic N) is 1. The lowest BCUT2D eigenvalue weighted by molar-refractivity contribution is 0.0596. The van der Waals surface area contributed by atoms with Gasteiger partial charge in [-0.1, -0.05) is 26.0 Å². The van der Waals surface area contributed by atoms with Crippen molar-refractivity contribution in [3.63, 3.8) is 0 Å². The Hall–Kier alpha value is -2.35. The van der Waals surface area contributed by atoms with E-state index >= 15 is 0 Å². The second kappa shape index (κ2) is 6.18. The van der Waals surface area contributed by atoms with E-state index in [1.807, 2.05) is 26.0 Å². The van der Waals surface area contributed by atoms with Gasteiger partial charge in [0.25, 0.3) is 10.0 Å². The largest absolute Gasteiger partial charge is 0.465 e. The summed E-state index contributed by atoms with van der Waals surface area (Å²) in [6.45, 7) is 4.10. The maximum atomic E-state index is 12.3. The predicted molar refractivity (Wildman–Crippen MR) is 81.3 cm³/mol. The number of H-pyrrole nitrogens is 1. The van der Waals surface area contributed by atoms with Crippen LogP contribution in [-0.4, -0.2) is 31.7 Å². The number of carbonyl (C=O) groups is 1. The van der Waals surface area contributed by atoms with E-state index < -0.39 is 16.0 Å². The van der Waals surface area contributed by atoms with Gasteiger partial charge in [-0.05, 0) is 23.6 Å². The molecule has 0 amide bonds. The molecule has 0 fully saturated rings. The van der Waals surface area contributed by atoms with Gasteiger partial charge in [0.2, 0.25) is 0 Å². The van der Waals surface area contributed by atoms with Crippen molar-refractivity contribution in [3.05, 3.63) is 41.6 Å². The molecule has 8 heteroatoms. The molecule has 0 radical (unpaired) electrons. The monoisotopic (exact) mass is 323 g/mol. The number of sulfonamides is 1. The molecule has 0 aliphatic rings. The Bertz CT molecular complexity index is 764. The molecule has 2 rings (SSSR count). The Morgan fingerprint density at radius 1 is 1.27 bits per heavy atom. The fourth-order valence-electron chi connectivity index (χ4n) is 1.88. The van der Waals surface area contributed by atoms with Crippen molar-refractivity contribution >= 4 is 21.7 Å². The van der Waals surface area contributed by atoms with Gasteiger partial charge < -0.3 is 4.74 Å². The molecule has 0 aliphatic heterocycles. The summed E-state index contributed by atoms with van der Waals surface area (Å²) < 4.78 is 31.6. The SMILES string of the molecule is COC(=O)c1cn[nH]c1S(=O)(=O)Nc1ccc(C(C)C)cc1. The molecule has 0 aliphatic carbocycles. The Labute approximate surface area is 128 Å². The molecule has 7 nitrogen and oxygen atoms in total. The summed E-state index contributed by atoms with van der Waals surface area (Å²) >= 11 is 0. The molecule has 0 saturated carbocycles. The van der Waals surface area contributed by atoms with Gasteiger partial charge in [0.05, 0.1) is 13.3 Å². The number of ether oxygens (including phenoxy) is 1. The third kappa shape index (κ3) is 3.28. The molecule has 1 aromatic heterocycles. The lowest BCUT2D eigenvalue weighted by Crippen LogP contribution is -2.17. The van der Waals surface area contributed by atoms with Crippen LogP contribution in [0.2, 0.25) is 0 Å². The Morgan fingerprint density at radius 2 is 1.91 bits per heavy atom. The van der Waals surface area contributed by atoms with Crippen LogP contribution in [0, 0.1) is 0 Å². The fraction of sp³-hybridized carbons (Fsp3) is 0.286. The molecular weight excluding hydrogens is 306 g/mol. The normalized spacial score (nSPS) is 11.5.